The van der Waals surface area contributed by atoms with Crippen molar-refractivity contribution in [2.24, 2.45) is 0 Å². The molecular weight excluding hydrogens is 294 g/mol. The van der Waals surface area contributed by atoms with E-state index in [-0.39, 0.29) is 6.61 Å². The number of hydrogen-bond acceptors (Lipinski definition) is 3. The third-order valence-electron chi connectivity index (χ3n) is 3.53. The highest BCUT2D eigenvalue weighted by Gasteiger charge is 2.22. The molecule has 0 aliphatic heterocycles. The molecule has 1 atom stereocenters. The minimum Gasteiger partial charge on any atom is -0.479 e. The maximum atomic E-state index is 11.9. The van der Waals surface area contributed by atoms with Gasteiger partial charge in [0.15, 0.2) is 6.04 Å². The van der Waals surface area contributed by atoms with E-state index in [0.717, 1.165) is 23.6 Å². The maximum Gasteiger partial charge on any atom is 0.330 e. The number of carbonyl (C=O) groups is 2. The van der Waals surface area contributed by atoms with Gasteiger partial charge in [0.1, 0.15) is 6.61 Å². The predicted octanol–water partition coefficient (Wildman–Crippen LogP) is 2.90. The molecule has 1 unspecified atom stereocenters. The first kappa shape index (κ1) is 17.0. The molecular formula is C18H21NO4. The number of carbonyl (C=O) groups excluding carboxylic acids is 1. The van der Waals surface area contributed by atoms with Crippen LogP contribution in [0.2, 0.25) is 0 Å². The van der Waals surface area contributed by atoms with Gasteiger partial charge in [0.2, 0.25) is 5.91 Å². The van der Waals surface area contributed by atoms with Gasteiger partial charge in [-0.2, -0.15) is 0 Å². The lowest BCUT2D eigenvalue weighted by atomic mass is 10.0. The first-order chi connectivity index (χ1) is 11.1. The quantitative estimate of drug-likeness (QED) is 0.734. The fraction of sp³-hybridized carbons (Fsp3) is 0.333. The zero-order chi connectivity index (χ0) is 16.7. The monoisotopic (exact) mass is 315 g/mol. The second-order valence-electron chi connectivity index (χ2n) is 5.35. The number of carboxylic acid groups (broad SMARTS) is 1. The number of aliphatic carboxylic acids is 1. The number of unbranched alkanes of at least 4 members (excludes halogenated alkanes) is 1. The molecule has 0 saturated carbocycles. The van der Waals surface area contributed by atoms with Crippen molar-refractivity contribution in [1.29, 1.82) is 0 Å². The van der Waals surface area contributed by atoms with E-state index in [4.69, 9.17) is 4.74 Å². The number of carboxylic acids is 1. The molecule has 0 radical (unpaired) electrons. The number of rotatable bonds is 8. The van der Waals surface area contributed by atoms with Crippen LogP contribution in [0.4, 0.5) is 0 Å². The van der Waals surface area contributed by atoms with Gasteiger partial charge in [0, 0.05) is 6.61 Å². The molecule has 122 valence electrons. The fourth-order valence-corrected chi connectivity index (χ4v) is 2.29. The van der Waals surface area contributed by atoms with Crippen LogP contribution in [0.3, 0.4) is 0 Å². The van der Waals surface area contributed by atoms with E-state index in [1.807, 2.05) is 37.3 Å². The Kier molecular flexibility index (Phi) is 6.11. The van der Waals surface area contributed by atoms with Gasteiger partial charge in [0.05, 0.1) is 0 Å². The zero-order valence-corrected chi connectivity index (χ0v) is 13.1. The summed E-state index contributed by atoms with van der Waals surface area (Å²) in [6, 6.07) is 12.0. The molecule has 2 aromatic rings. The van der Waals surface area contributed by atoms with Crippen molar-refractivity contribution < 1.29 is 19.4 Å². The van der Waals surface area contributed by atoms with Crippen LogP contribution in [0, 0.1) is 0 Å². The molecule has 1 amide bonds. The largest absolute Gasteiger partial charge is 0.479 e. The van der Waals surface area contributed by atoms with Gasteiger partial charge in [-0.05, 0) is 28.8 Å². The van der Waals surface area contributed by atoms with Gasteiger partial charge >= 0.3 is 5.97 Å². The highest BCUT2D eigenvalue weighted by molar-refractivity contribution is 5.88. The molecule has 0 aliphatic rings. The van der Waals surface area contributed by atoms with E-state index in [2.05, 4.69) is 5.32 Å². The van der Waals surface area contributed by atoms with Gasteiger partial charge in [-0.25, -0.2) is 4.79 Å². The smallest absolute Gasteiger partial charge is 0.330 e. The van der Waals surface area contributed by atoms with Gasteiger partial charge in [-0.15, -0.1) is 0 Å². The summed E-state index contributed by atoms with van der Waals surface area (Å²) in [6.07, 6.45) is 1.86. The number of fused-ring (bicyclic) bond motifs is 1. The van der Waals surface area contributed by atoms with Crippen LogP contribution in [-0.4, -0.2) is 30.2 Å². The van der Waals surface area contributed by atoms with Crippen LogP contribution in [0.1, 0.15) is 31.4 Å². The summed E-state index contributed by atoms with van der Waals surface area (Å²) in [6.45, 7) is 2.40. The standard InChI is InChI=1S/C18H21NO4/c1-2-3-10-23-12-16(20)19-17(18(21)22)15-9-8-13-6-4-5-7-14(13)11-15/h4-9,11,17H,2-3,10,12H2,1H3,(H,19,20)(H,21,22). The second kappa shape index (κ2) is 8.29. The lowest BCUT2D eigenvalue weighted by molar-refractivity contribution is -0.142. The van der Waals surface area contributed by atoms with E-state index in [1.165, 1.54) is 0 Å². The summed E-state index contributed by atoms with van der Waals surface area (Å²) in [5.41, 5.74) is 0.540. The molecule has 0 bridgehead atoms. The van der Waals surface area contributed by atoms with Crippen molar-refractivity contribution in [3.8, 4) is 0 Å². The summed E-state index contributed by atoms with van der Waals surface area (Å²) < 4.78 is 5.22. The number of ether oxygens (including phenoxy) is 1. The molecule has 5 heteroatoms. The van der Waals surface area contributed by atoms with Crippen LogP contribution in [0.5, 0.6) is 0 Å². The van der Waals surface area contributed by atoms with Crippen LogP contribution >= 0.6 is 0 Å². The third kappa shape index (κ3) is 4.79. The molecule has 0 fully saturated rings. The van der Waals surface area contributed by atoms with Crippen molar-refractivity contribution in [2.45, 2.75) is 25.8 Å². The SMILES string of the molecule is CCCCOCC(=O)NC(C(=O)O)c1ccc2ccccc2c1. The zero-order valence-electron chi connectivity index (χ0n) is 13.1. The van der Waals surface area contributed by atoms with Gasteiger partial charge in [-0.1, -0.05) is 49.7 Å². The second-order valence-corrected chi connectivity index (χ2v) is 5.35. The van der Waals surface area contributed by atoms with Crippen molar-refractivity contribution in [2.75, 3.05) is 13.2 Å². The number of amides is 1. The Morgan fingerprint density at radius 1 is 1.17 bits per heavy atom. The minimum atomic E-state index is -1.10. The van der Waals surface area contributed by atoms with Crippen LogP contribution < -0.4 is 5.32 Å². The minimum absolute atomic E-state index is 0.128. The molecule has 0 aromatic heterocycles. The van der Waals surface area contributed by atoms with Gasteiger partial charge < -0.3 is 15.2 Å². The molecule has 0 spiro atoms. The van der Waals surface area contributed by atoms with E-state index in [0.29, 0.717) is 12.2 Å². The summed E-state index contributed by atoms with van der Waals surface area (Å²) in [5, 5.41) is 13.9. The molecule has 0 aliphatic carbocycles. The molecule has 23 heavy (non-hydrogen) atoms. The average Bonchev–Trinajstić information content (AvgIpc) is 2.56. The van der Waals surface area contributed by atoms with Crippen molar-refractivity contribution in [3.63, 3.8) is 0 Å². The van der Waals surface area contributed by atoms with Crippen molar-refractivity contribution in [3.05, 3.63) is 48.0 Å². The van der Waals surface area contributed by atoms with Crippen LogP contribution in [0.25, 0.3) is 10.8 Å². The lowest BCUT2D eigenvalue weighted by Crippen LogP contribution is -2.36. The Bertz CT molecular complexity index is 684. The Balaban J connectivity index is 2.07. The Morgan fingerprint density at radius 2 is 1.91 bits per heavy atom. The van der Waals surface area contributed by atoms with Gasteiger partial charge in [0.25, 0.3) is 0 Å². The predicted molar refractivity (Wildman–Crippen MR) is 88.2 cm³/mol. The normalized spacial score (nSPS) is 12.0. The molecule has 0 saturated heterocycles. The van der Waals surface area contributed by atoms with Gasteiger partial charge in [-0.3, -0.25) is 4.79 Å². The summed E-state index contributed by atoms with van der Waals surface area (Å²) in [5.74, 6) is -1.52. The van der Waals surface area contributed by atoms with E-state index in [1.54, 1.807) is 12.1 Å². The number of nitrogens with one attached hydrogen (secondary N) is 1. The molecule has 5 nitrogen and oxygen atoms in total. The summed E-state index contributed by atoms with van der Waals surface area (Å²) in [4.78, 5) is 23.4. The van der Waals surface area contributed by atoms with Crippen molar-refractivity contribution >= 4 is 22.6 Å². The Labute approximate surface area is 135 Å². The molecule has 0 heterocycles. The number of benzene rings is 2. The topological polar surface area (TPSA) is 75.6 Å². The lowest BCUT2D eigenvalue weighted by Gasteiger charge is -2.15. The van der Waals surface area contributed by atoms with E-state index < -0.39 is 17.9 Å². The summed E-state index contributed by atoms with van der Waals surface area (Å²) in [7, 11) is 0. The summed E-state index contributed by atoms with van der Waals surface area (Å²) >= 11 is 0. The average molecular weight is 315 g/mol. The van der Waals surface area contributed by atoms with Crippen molar-refractivity contribution in [1.82, 2.24) is 5.32 Å². The Hall–Kier alpha value is -2.40. The first-order valence-corrected chi connectivity index (χ1v) is 7.70. The highest BCUT2D eigenvalue weighted by atomic mass is 16.5. The van der Waals surface area contributed by atoms with Crippen LogP contribution in [-0.2, 0) is 14.3 Å². The van der Waals surface area contributed by atoms with Crippen LogP contribution in [0.15, 0.2) is 42.5 Å². The Morgan fingerprint density at radius 3 is 2.61 bits per heavy atom. The maximum absolute atomic E-state index is 11.9. The third-order valence-corrected chi connectivity index (χ3v) is 3.53. The van der Waals surface area contributed by atoms with E-state index in [9.17, 15) is 14.7 Å². The number of hydrogen-bond donors (Lipinski definition) is 2. The molecule has 2 aromatic carbocycles. The first-order valence-electron chi connectivity index (χ1n) is 7.70. The highest BCUT2D eigenvalue weighted by Crippen LogP contribution is 2.20. The fourth-order valence-electron chi connectivity index (χ4n) is 2.29. The molecule has 2 N–H and O–H groups in total. The molecule has 2 rings (SSSR count). The van der Waals surface area contributed by atoms with E-state index >= 15 is 0 Å².